The highest BCUT2D eigenvalue weighted by atomic mass is 19.3. The number of hydrogen-bond donors (Lipinski definition) is 1. The van der Waals surface area contributed by atoms with E-state index < -0.39 is 48.6 Å². The molecule has 1 aliphatic carbocycles. The number of alkyl halides is 2. The molecule has 2 heterocycles. The third-order valence-corrected chi connectivity index (χ3v) is 5.90. The van der Waals surface area contributed by atoms with E-state index >= 15 is 0 Å². The summed E-state index contributed by atoms with van der Waals surface area (Å²) in [5.74, 6) is -3.24. The van der Waals surface area contributed by atoms with Crippen LogP contribution < -0.4 is 10.1 Å². The van der Waals surface area contributed by atoms with E-state index in [0.29, 0.717) is 11.3 Å². The molecule has 2 fully saturated rings. The van der Waals surface area contributed by atoms with E-state index in [2.05, 4.69) is 10.3 Å². The minimum atomic E-state index is -2.84. The van der Waals surface area contributed by atoms with Gasteiger partial charge in [-0.15, -0.1) is 0 Å². The van der Waals surface area contributed by atoms with Crippen molar-refractivity contribution in [2.24, 2.45) is 0 Å². The molecule has 3 amide bonds. The lowest BCUT2D eigenvalue weighted by molar-refractivity contribution is -0.135. The average molecular weight is 429 g/mol. The number of nitrogens with zero attached hydrogens (tertiary/aromatic N) is 2. The number of halogens is 2. The van der Waals surface area contributed by atoms with Gasteiger partial charge in [0.15, 0.2) is 5.78 Å². The van der Waals surface area contributed by atoms with Gasteiger partial charge in [-0.25, -0.2) is 13.6 Å². The molecule has 0 radical (unpaired) electrons. The van der Waals surface area contributed by atoms with Gasteiger partial charge in [0.2, 0.25) is 5.92 Å². The summed E-state index contributed by atoms with van der Waals surface area (Å²) in [5.41, 5.74) is 0.538. The van der Waals surface area contributed by atoms with Crippen molar-refractivity contribution < 1.29 is 27.9 Å². The second-order valence-corrected chi connectivity index (χ2v) is 7.84. The van der Waals surface area contributed by atoms with E-state index in [1.54, 1.807) is 49.8 Å². The van der Waals surface area contributed by atoms with Crippen LogP contribution in [0, 0.1) is 0 Å². The third kappa shape index (κ3) is 3.87. The van der Waals surface area contributed by atoms with Crippen molar-refractivity contribution >= 4 is 17.7 Å². The van der Waals surface area contributed by atoms with Crippen molar-refractivity contribution in [2.45, 2.75) is 37.1 Å². The van der Waals surface area contributed by atoms with Gasteiger partial charge in [0.1, 0.15) is 11.3 Å². The number of carbonyl (C=O) groups is 3. The molecule has 1 aliphatic heterocycles. The number of ketones is 1. The Balaban J connectivity index is 1.47. The van der Waals surface area contributed by atoms with Gasteiger partial charge in [0.05, 0.1) is 13.7 Å². The normalized spacial score (nSPS) is 19.4. The number of carbonyl (C=O) groups excluding carboxylic acids is 3. The second-order valence-electron chi connectivity index (χ2n) is 7.84. The predicted molar refractivity (Wildman–Crippen MR) is 107 cm³/mol. The maximum absolute atomic E-state index is 13.5. The SMILES string of the molecule is COc1ccncc1-c1ccc(C(=O)CN2C(=O)NC3(CCC(F)(F)CC3)C2=O)cc1. The second kappa shape index (κ2) is 7.72. The Morgan fingerprint density at radius 2 is 1.81 bits per heavy atom. The van der Waals surface area contributed by atoms with E-state index in [9.17, 15) is 23.2 Å². The Morgan fingerprint density at radius 1 is 1.13 bits per heavy atom. The maximum Gasteiger partial charge on any atom is 0.325 e. The number of rotatable bonds is 5. The molecule has 1 saturated carbocycles. The Labute approximate surface area is 177 Å². The molecule has 2 aliphatic rings. The summed E-state index contributed by atoms with van der Waals surface area (Å²) in [6.07, 6.45) is 2.03. The number of imide groups is 1. The van der Waals surface area contributed by atoms with Gasteiger partial charge in [0.25, 0.3) is 5.91 Å². The van der Waals surface area contributed by atoms with Crippen LogP contribution in [0.15, 0.2) is 42.7 Å². The van der Waals surface area contributed by atoms with E-state index in [4.69, 9.17) is 4.74 Å². The smallest absolute Gasteiger partial charge is 0.325 e. The van der Waals surface area contributed by atoms with Crippen molar-refractivity contribution in [3.05, 3.63) is 48.3 Å². The zero-order valence-electron chi connectivity index (χ0n) is 16.9. The van der Waals surface area contributed by atoms with Crippen LogP contribution >= 0.6 is 0 Å². The van der Waals surface area contributed by atoms with Crippen LogP contribution in [0.2, 0.25) is 0 Å². The fraction of sp³-hybridized carbons (Fsp3) is 0.364. The third-order valence-electron chi connectivity index (χ3n) is 5.90. The van der Waals surface area contributed by atoms with Gasteiger partial charge < -0.3 is 10.1 Å². The molecule has 0 atom stereocenters. The minimum absolute atomic E-state index is 0.142. The Bertz CT molecular complexity index is 1030. The van der Waals surface area contributed by atoms with Crippen molar-refractivity contribution in [1.82, 2.24) is 15.2 Å². The predicted octanol–water partition coefficient (Wildman–Crippen LogP) is 3.44. The lowest BCUT2D eigenvalue weighted by Gasteiger charge is -2.34. The van der Waals surface area contributed by atoms with Gasteiger partial charge in [0, 0.05) is 36.4 Å². The highest BCUT2D eigenvalue weighted by Gasteiger charge is 2.55. The van der Waals surface area contributed by atoms with E-state index in [1.807, 2.05) is 0 Å². The molecule has 1 spiro atoms. The molecule has 9 heteroatoms. The Morgan fingerprint density at radius 3 is 2.45 bits per heavy atom. The number of urea groups is 1. The van der Waals surface area contributed by atoms with Crippen molar-refractivity contribution in [3.8, 4) is 16.9 Å². The monoisotopic (exact) mass is 429 g/mol. The summed E-state index contributed by atoms with van der Waals surface area (Å²) in [7, 11) is 1.55. The van der Waals surface area contributed by atoms with Gasteiger partial charge in [-0.1, -0.05) is 24.3 Å². The number of amides is 3. The van der Waals surface area contributed by atoms with Gasteiger partial charge in [-0.2, -0.15) is 0 Å². The Kier molecular flexibility index (Phi) is 5.20. The van der Waals surface area contributed by atoms with Crippen LogP contribution in [-0.2, 0) is 4.79 Å². The summed E-state index contributed by atoms with van der Waals surface area (Å²) in [4.78, 5) is 42.7. The van der Waals surface area contributed by atoms with E-state index in [0.717, 1.165) is 16.0 Å². The topological polar surface area (TPSA) is 88.6 Å². The van der Waals surface area contributed by atoms with E-state index in [1.165, 1.54) is 0 Å². The molecule has 4 rings (SSSR count). The number of pyridine rings is 1. The fourth-order valence-electron chi connectivity index (χ4n) is 4.05. The summed E-state index contributed by atoms with van der Waals surface area (Å²) >= 11 is 0. The van der Waals surface area contributed by atoms with Gasteiger partial charge in [-0.05, 0) is 24.5 Å². The van der Waals surface area contributed by atoms with Crippen LogP contribution in [0.4, 0.5) is 13.6 Å². The van der Waals surface area contributed by atoms with E-state index in [-0.39, 0.29) is 12.8 Å². The fourth-order valence-corrected chi connectivity index (χ4v) is 4.05. The molecule has 0 unspecified atom stereocenters. The molecule has 31 heavy (non-hydrogen) atoms. The first-order valence-electron chi connectivity index (χ1n) is 9.88. The number of Topliss-reactive ketones (excluding diaryl/α,β-unsaturated/α-hetero) is 1. The van der Waals surface area contributed by atoms with Crippen molar-refractivity contribution in [1.29, 1.82) is 0 Å². The molecule has 162 valence electrons. The number of nitrogens with one attached hydrogen (secondary N) is 1. The standard InChI is InChI=1S/C22H21F2N3O4/c1-31-18-6-11-25-12-16(18)14-2-4-15(5-3-14)17(28)13-27-19(29)21(26-20(27)30)7-9-22(23,24)10-8-21/h2-6,11-12H,7-10,13H2,1H3,(H,26,30). The van der Waals surface area contributed by atoms with Gasteiger partial charge >= 0.3 is 6.03 Å². The lowest BCUT2D eigenvalue weighted by atomic mass is 9.80. The van der Waals surface area contributed by atoms with Crippen LogP contribution in [0.5, 0.6) is 5.75 Å². The molecular formula is C22H21F2N3O4. The summed E-state index contributed by atoms with van der Waals surface area (Å²) in [5, 5.41) is 2.54. The summed E-state index contributed by atoms with van der Waals surface area (Å²) < 4.78 is 32.3. The molecule has 0 bridgehead atoms. The number of hydrogen-bond acceptors (Lipinski definition) is 5. The van der Waals surface area contributed by atoms with Gasteiger partial charge in [-0.3, -0.25) is 19.5 Å². The Hall–Kier alpha value is -3.36. The summed E-state index contributed by atoms with van der Waals surface area (Å²) in [6.45, 7) is -0.446. The molecule has 7 nitrogen and oxygen atoms in total. The average Bonchev–Trinajstić information content (AvgIpc) is 3.00. The first-order valence-corrected chi connectivity index (χ1v) is 9.88. The highest BCUT2D eigenvalue weighted by Crippen LogP contribution is 2.41. The van der Waals surface area contributed by atoms with Crippen molar-refractivity contribution in [3.63, 3.8) is 0 Å². The first kappa shape index (κ1) is 20.9. The largest absolute Gasteiger partial charge is 0.496 e. The van der Waals surface area contributed by atoms with Crippen LogP contribution in [0.25, 0.3) is 11.1 Å². The molecule has 1 N–H and O–H groups in total. The molecule has 2 aromatic rings. The zero-order chi connectivity index (χ0) is 22.2. The molecular weight excluding hydrogens is 408 g/mol. The molecule has 1 aromatic carbocycles. The van der Waals surface area contributed by atoms with Crippen LogP contribution in [-0.4, -0.2) is 52.7 Å². The number of methoxy groups -OCH3 is 1. The number of ether oxygens (including phenoxy) is 1. The first-order chi connectivity index (χ1) is 14.7. The van der Waals surface area contributed by atoms with Crippen LogP contribution in [0.1, 0.15) is 36.0 Å². The quantitative estimate of drug-likeness (QED) is 0.581. The molecule has 1 saturated heterocycles. The highest BCUT2D eigenvalue weighted by molar-refractivity contribution is 6.11. The van der Waals surface area contributed by atoms with Crippen LogP contribution in [0.3, 0.4) is 0 Å². The zero-order valence-corrected chi connectivity index (χ0v) is 16.9. The maximum atomic E-state index is 13.5. The minimum Gasteiger partial charge on any atom is -0.496 e. The van der Waals surface area contributed by atoms with Crippen molar-refractivity contribution in [2.75, 3.05) is 13.7 Å². The number of benzene rings is 1. The summed E-state index contributed by atoms with van der Waals surface area (Å²) in [6, 6.07) is 7.65. The molecule has 1 aromatic heterocycles. The lowest BCUT2D eigenvalue weighted by Crippen LogP contribution is -2.51. The number of aromatic nitrogens is 1.